The summed E-state index contributed by atoms with van der Waals surface area (Å²) in [4.78, 5) is 23.8. The van der Waals surface area contributed by atoms with Crippen molar-refractivity contribution in [3.63, 3.8) is 0 Å². The highest BCUT2D eigenvalue weighted by molar-refractivity contribution is 6.06. The number of aryl methyl sites for hydroxylation is 1. The SMILES string of the molecule is CCCOc1ccc(CCC(=O)O)cc1NC(=O)c1cc(OC)c(OC)c(OC)c1. The molecule has 0 aromatic heterocycles. The zero-order chi connectivity index (χ0) is 22.1. The van der Waals surface area contributed by atoms with Crippen LogP contribution in [0.2, 0.25) is 0 Å². The first-order valence-electron chi connectivity index (χ1n) is 9.52. The van der Waals surface area contributed by atoms with Crippen molar-refractivity contribution in [2.24, 2.45) is 0 Å². The van der Waals surface area contributed by atoms with Crippen LogP contribution in [0.1, 0.15) is 35.7 Å². The molecule has 0 aliphatic heterocycles. The Morgan fingerprint density at radius 3 is 2.17 bits per heavy atom. The molecular weight excluding hydrogens is 390 g/mol. The molecule has 0 radical (unpaired) electrons. The minimum atomic E-state index is -0.885. The van der Waals surface area contributed by atoms with Gasteiger partial charge < -0.3 is 29.4 Å². The number of amides is 1. The Kier molecular flexibility index (Phi) is 8.34. The van der Waals surface area contributed by atoms with Gasteiger partial charge in [-0.1, -0.05) is 13.0 Å². The summed E-state index contributed by atoms with van der Waals surface area (Å²) in [6.07, 6.45) is 1.15. The van der Waals surface area contributed by atoms with Crippen LogP contribution in [0.15, 0.2) is 30.3 Å². The van der Waals surface area contributed by atoms with E-state index in [9.17, 15) is 9.59 Å². The van der Waals surface area contributed by atoms with E-state index in [2.05, 4.69) is 5.32 Å². The summed E-state index contributed by atoms with van der Waals surface area (Å²) >= 11 is 0. The molecule has 8 heteroatoms. The molecule has 2 rings (SSSR count). The second-order valence-corrected chi connectivity index (χ2v) is 6.44. The predicted molar refractivity (Wildman–Crippen MR) is 112 cm³/mol. The van der Waals surface area contributed by atoms with E-state index in [1.54, 1.807) is 30.3 Å². The number of carboxylic acids is 1. The molecule has 0 heterocycles. The largest absolute Gasteiger partial charge is 0.493 e. The topological polar surface area (TPSA) is 103 Å². The molecular formula is C22H27NO7. The van der Waals surface area contributed by atoms with Crippen molar-refractivity contribution in [2.75, 3.05) is 33.3 Å². The van der Waals surface area contributed by atoms with Gasteiger partial charge in [0.1, 0.15) is 5.75 Å². The smallest absolute Gasteiger partial charge is 0.303 e. The molecule has 8 nitrogen and oxygen atoms in total. The minimum Gasteiger partial charge on any atom is -0.493 e. The number of carbonyl (C=O) groups is 2. The summed E-state index contributed by atoms with van der Waals surface area (Å²) in [5.74, 6) is 0.338. The lowest BCUT2D eigenvalue weighted by Crippen LogP contribution is -2.14. The van der Waals surface area contributed by atoms with Crippen molar-refractivity contribution < 1.29 is 33.6 Å². The quantitative estimate of drug-likeness (QED) is 0.574. The van der Waals surface area contributed by atoms with Gasteiger partial charge in [0.2, 0.25) is 5.75 Å². The number of benzene rings is 2. The summed E-state index contributed by atoms with van der Waals surface area (Å²) in [6, 6.07) is 8.36. The molecule has 2 aromatic carbocycles. The minimum absolute atomic E-state index is 0.00454. The number of carbonyl (C=O) groups excluding carboxylic acids is 1. The van der Waals surface area contributed by atoms with Crippen LogP contribution in [0.5, 0.6) is 23.0 Å². The Hall–Kier alpha value is -3.42. The van der Waals surface area contributed by atoms with Gasteiger partial charge in [-0.2, -0.15) is 0 Å². The van der Waals surface area contributed by atoms with Gasteiger partial charge in [-0.3, -0.25) is 9.59 Å². The van der Waals surface area contributed by atoms with Crippen LogP contribution in [-0.2, 0) is 11.2 Å². The van der Waals surface area contributed by atoms with E-state index in [0.29, 0.717) is 47.3 Å². The maximum Gasteiger partial charge on any atom is 0.303 e. The van der Waals surface area contributed by atoms with Crippen LogP contribution in [0.3, 0.4) is 0 Å². The first kappa shape index (κ1) is 22.9. The van der Waals surface area contributed by atoms with Crippen molar-refractivity contribution >= 4 is 17.6 Å². The molecule has 2 N–H and O–H groups in total. The highest BCUT2D eigenvalue weighted by Gasteiger charge is 2.18. The zero-order valence-electron chi connectivity index (χ0n) is 17.6. The third-order valence-corrected chi connectivity index (χ3v) is 4.31. The number of hydrogen-bond donors (Lipinski definition) is 2. The number of aliphatic carboxylic acids is 1. The third kappa shape index (κ3) is 5.79. The Labute approximate surface area is 175 Å². The molecule has 0 unspecified atom stereocenters. The summed E-state index contributed by atoms with van der Waals surface area (Å²) in [5, 5.41) is 11.8. The van der Waals surface area contributed by atoms with E-state index < -0.39 is 11.9 Å². The normalized spacial score (nSPS) is 10.3. The van der Waals surface area contributed by atoms with Gasteiger partial charge in [-0.15, -0.1) is 0 Å². The van der Waals surface area contributed by atoms with E-state index in [1.165, 1.54) is 21.3 Å². The Balaban J connectivity index is 2.35. The van der Waals surface area contributed by atoms with E-state index in [1.807, 2.05) is 6.92 Å². The lowest BCUT2D eigenvalue weighted by atomic mass is 10.1. The van der Waals surface area contributed by atoms with E-state index in [-0.39, 0.29) is 6.42 Å². The number of nitrogens with one attached hydrogen (secondary N) is 1. The number of hydrogen-bond acceptors (Lipinski definition) is 6. The molecule has 0 fully saturated rings. The van der Waals surface area contributed by atoms with Crippen molar-refractivity contribution in [3.05, 3.63) is 41.5 Å². The molecule has 0 bridgehead atoms. The van der Waals surface area contributed by atoms with Crippen molar-refractivity contribution in [2.45, 2.75) is 26.2 Å². The maximum absolute atomic E-state index is 12.9. The lowest BCUT2D eigenvalue weighted by molar-refractivity contribution is -0.136. The van der Waals surface area contributed by atoms with Gasteiger partial charge in [0.25, 0.3) is 5.91 Å². The molecule has 0 aliphatic carbocycles. The lowest BCUT2D eigenvalue weighted by Gasteiger charge is -2.16. The van der Waals surface area contributed by atoms with Crippen LogP contribution < -0.4 is 24.3 Å². The second-order valence-electron chi connectivity index (χ2n) is 6.44. The summed E-state index contributed by atoms with van der Waals surface area (Å²) in [5.41, 5.74) is 1.55. The van der Waals surface area contributed by atoms with Crippen LogP contribution in [0.4, 0.5) is 5.69 Å². The number of carboxylic acid groups (broad SMARTS) is 1. The number of rotatable bonds is 11. The van der Waals surface area contributed by atoms with Gasteiger partial charge in [-0.25, -0.2) is 0 Å². The van der Waals surface area contributed by atoms with Gasteiger partial charge in [0, 0.05) is 12.0 Å². The molecule has 0 atom stereocenters. The summed E-state index contributed by atoms with van der Waals surface area (Å²) < 4.78 is 21.6. The summed E-state index contributed by atoms with van der Waals surface area (Å²) in [6.45, 7) is 2.47. The predicted octanol–water partition coefficient (Wildman–Crippen LogP) is 3.77. The Bertz CT molecular complexity index is 870. The molecule has 1 amide bonds. The van der Waals surface area contributed by atoms with Gasteiger partial charge in [0.05, 0.1) is 33.6 Å². The van der Waals surface area contributed by atoms with E-state index in [4.69, 9.17) is 24.1 Å². The molecule has 0 aliphatic rings. The molecule has 162 valence electrons. The van der Waals surface area contributed by atoms with E-state index in [0.717, 1.165) is 12.0 Å². The van der Waals surface area contributed by atoms with Crippen molar-refractivity contribution in [3.8, 4) is 23.0 Å². The highest BCUT2D eigenvalue weighted by Crippen LogP contribution is 2.38. The average molecular weight is 417 g/mol. The van der Waals surface area contributed by atoms with Crippen molar-refractivity contribution in [1.82, 2.24) is 0 Å². The van der Waals surface area contributed by atoms with Crippen LogP contribution in [0, 0.1) is 0 Å². The molecule has 0 spiro atoms. The fourth-order valence-electron chi connectivity index (χ4n) is 2.83. The van der Waals surface area contributed by atoms with Gasteiger partial charge >= 0.3 is 5.97 Å². The second kappa shape index (κ2) is 10.9. The standard InChI is InChI=1S/C22H27NO7/c1-5-10-30-17-8-6-14(7-9-20(24)25)11-16(17)23-22(26)15-12-18(27-2)21(29-4)19(13-15)28-3/h6,8,11-13H,5,7,9-10H2,1-4H3,(H,23,26)(H,24,25). The van der Waals surface area contributed by atoms with Gasteiger partial charge in [-0.05, 0) is 42.7 Å². The Morgan fingerprint density at radius 1 is 0.967 bits per heavy atom. The molecule has 0 saturated carbocycles. The van der Waals surface area contributed by atoms with Crippen LogP contribution in [-0.4, -0.2) is 44.9 Å². The molecule has 2 aromatic rings. The average Bonchev–Trinajstić information content (AvgIpc) is 2.75. The number of methoxy groups -OCH3 is 3. The first-order valence-corrected chi connectivity index (χ1v) is 9.52. The summed E-state index contributed by atoms with van der Waals surface area (Å²) in [7, 11) is 4.43. The maximum atomic E-state index is 12.9. The fourth-order valence-corrected chi connectivity index (χ4v) is 2.83. The fraction of sp³-hybridized carbons (Fsp3) is 0.364. The number of ether oxygens (including phenoxy) is 4. The Morgan fingerprint density at radius 2 is 1.63 bits per heavy atom. The third-order valence-electron chi connectivity index (χ3n) is 4.31. The number of anilines is 1. The van der Waals surface area contributed by atoms with Gasteiger partial charge in [0.15, 0.2) is 11.5 Å². The zero-order valence-corrected chi connectivity index (χ0v) is 17.6. The van der Waals surface area contributed by atoms with Crippen molar-refractivity contribution in [1.29, 1.82) is 0 Å². The monoisotopic (exact) mass is 417 g/mol. The molecule has 30 heavy (non-hydrogen) atoms. The van der Waals surface area contributed by atoms with Crippen LogP contribution >= 0.6 is 0 Å². The molecule has 0 saturated heterocycles. The highest BCUT2D eigenvalue weighted by atomic mass is 16.5. The van der Waals surface area contributed by atoms with E-state index >= 15 is 0 Å². The first-order chi connectivity index (χ1) is 14.4. The van der Waals surface area contributed by atoms with Crippen LogP contribution in [0.25, 0.3) is 0 Å².